The molecule has 0 aliphatic rings. The van der Waals surface area contributed by atoms with Gasteiger partial charge in [0.15, 0.2) is 11.5 Å². The molecule has 25 heavy (non-hydrogen) atoms. The minimum atomic E-state index is 0.400. The van der Waals surface area contributed by atoms with E-state index in [1.165, 1.54) is 6.33 Å². The molecule has 0 spiro atoms. The molecule has 0 unspecified atom stereocenters. The maximum Gasteiger partial charge on any atom is 0.245 e. The first kappa shape index (κ1) is 17.4. The van der Waals surface area contributed by atoms with Crippen LogP contribution in [0.25, 0.3) is 0 Å². The summed E-state index contributed by atoms with van der Waals surface area (Å²) < 4.78 is 12.1. The van der Waals surface area contributed by atoms with E-state index in [2.05, 4.69) is 36.1 Å². The zero-order valence-electron chi connectivity index (χ0n) is 13.2. The lowest BCUT2D eigenvalue weighted by Gasteiger charge is -2.13. The van der Waals surface area contributed by atoms with Crippen LogP contribution in [-0.2, 0) is 6.61 Å². The van der Waals surface area contributed by atoms with E-state index in [1.807, 2.05) is 36.4 Å². The number of hydrogen-bond acceptors (Lipinski definition) is 5. The predicted molar refractivity (Wildman–Crippen MR) is 100 cm³/mol. The van der Waals surface area contributed by atoms with E-state index < -0.39 is 0 Å². The number of aromatic amines is 1. The molecular formula is C17H14BrClN4O2. The number of methoxy groups -OCH3 is 1. The van der Waals surface area contributed by atoms with Crippen molar-refractivity contribution in [3.8, 4) is 11.5 Å². The molecule has 0 amide bonds. The highest BCUT2D eigenvalue weighted by molar-refractivity contribution is 9.10. The average molecular weight is 422 g/mol. The highest BCUT2D eigenvalue weighted by Crippen LogP contribution is 2.37. The Hall–Kier alpha value is -2.38. The number of aromatic nitrogens is 3. The quantitative estimate of drug-likeness (QED) is 0.592. The van der Waals surface area contributed by atoms with Gasteiger partial charge >= 0.3 is 0 Å². The number of halogens is 2. The molecule has 3 rings (SSSR count). The lowest BCUT2D eigenvalue weighted by Crippen LogP contribution is -1.99. The molecule has 0 atom stereocenters. The number of hydrogen-bond donors (Lipinski definition) is 1. The summed E-state index contributed by atoms with van der Waals surface area (Å²) in [5, 5.41) is 7.11. The van der Waals surface area contributed by atoms with Gasteiger partial charge in [-0.3, -0.25) is 0 Å². The molecule has 0 fully saturated rings. The number of nitrogens with zero attached hydrogens (tertiary/aromatic N) is 3. The summed E-state index contributed by atoms with van der Waals surface area (Å²) in [7, 11) is 1.59. The van der Waals surface area contributed by atoms with Gasteiger partial charge in [-0.25, -0.2) is 10.1 Å². The number of H-pyrrole nitrogens is 1. The van der Waals surface area contributed by atoms with Crippen LogP contribution in [0.1, 0.15) is 11.1 Å². The molecule has 0 saturated heterocycles. The summed E-state index contributed by atoms with van der Waals surface area (Å²) in [5.74, 6) is 1.65. The molecule has 3 aromatic rings. The topological polar surface area (TPSA) is 72.4 Å². The fraction of sp³-hybridized carbons (Fsp3) is 0.118. The molecule has 0 aliphatic carbocycles. The Balaban J connectivity index is 1.78. The van der Waals surface area contributed by atoms with Gasteiger partial charge in [-0.15, -0.1) is 0 Å². The van der Waals surface area contributed by atoms with Crippen LogP contribution in [-0.4, -0.2) is 28.5 Å². The first-order valence-electron chi connectivity index (χ1n) is 7.30. The third kappa shape index (κ3) is 4.58. The molecular weight excluding hydrogens is 408 g/mol. The van der Waals surface area contributed by atoms with Crippen molar-refractivity contribution in [1.29, 1.82) is 0 Å². The molecule has 128 valence electrons. The smallest absolute Gasteiger partial charge is 0.245 e. The standard InChI is InChI=1S/C17H14BrClN4O2/c1-24-15-7-12(8-20-17-21-10-22-23-17)6-14(18)16(15)25-9-11-2-4-13(19)5-3-11/h2-8,10H,9H2,1H3,(H,21,22,23). The van der Waals surface area contributed by atoms with Gasteiger partial charge in [0.2, 0.25) is 5.95 Å². The van der Waals surface area contributed by atoms with Crippen LogP contribution in [0.5, 0.6) is 11.5 Å². The Labute approximate surface area is 158 Å². The number of nitrogens with one attached hydrogen (secondary N) is 1. The Morgan fingerprint density at radius 1 is 1.28 bits per heavy atom. The van der Waals surface area contributed by atoms with Gasteiger partial charge in [0, 0.05) is 11.2 Å². The summed E-state index contributed by atoms with van der Waals surface area (Å²) in [4.78, 5) is 8.14. The van der Waals surface area contributed by atoms with Crippen molar-refractivity contribution >= 4 is 39.7 Å². The second-order valence-corrected chi connectivity index (χ2v) is 6.31. The molecule has 1 heterocycles. The summed E-state index contributed by atoms with van der Waals surface area (Å²) >= 11 is 9.41. The van der Waals surface area contributed by atoms with Crippen LogP contribution in [0.15, 0.2) is 52.2 Å². The molecule has 8 heteroatoms. The van der Waals surface area contributed by atoms with Gasteiger partial charge in [0.1, 0.15) is 12.9 Å². The number of benzene rings is 2. The Bertz CT molecular complexity index is 867. The molecule has 0 bridgehead atoms. The van der Waals surface area contributed by atoms with Gasteiger partial charge in [0.05, 0.1) is 11.6 Å². The van der Waals surface area contributed by atoms with Gasteiger partial charge < -0.3 is 9.47 Å². The summed E-state index contributed by atoms with van der Waals surface area (Å²) in [5.41, 5.74) is 1.84. The van der Waals surface area contributed by atoms with Crippen molar-refractivity contribution < 1.29 is 9.47 Å². The van der Waals surface area contributed by atoms with E-state index in [0.29, 0.717) is 29.1 Å². The largest absolute Gasteiger partial charge is 0.493 e. The summed E-state index contributed by atoms with van der Waals surface area (Å²) in [6.07, 6.45) is 3.06. The Morgan fingerprint density at radius 3 is 2.76 bits per heavy atom. The van der Waals surface area contributed by atoms with E-state index >= 15 is 0 Å². The van der Waals surface area contributed by atoms with Crippen molar-refractivity contribution in [2.75, 3.05) is 7.11 Å². The van der Waals surface area contributed by atoms with Crippen molar-refractivity contribution in [3.05, 3.63) is 63.3 Å². The number of rotatable bonds is 6. The molecule has 1 N–H and O–H groups in total. The number of aliphatic imine (C=N–C) groups is 1. The van der Waals surface area contributed by atoms with Gasteiger partial charge in [0.25, 0.3) is 0 Å². The van der Waals surface area contributed by atoms with Crippen molar-refractivity contribution in [3.63, 3.8) is 0 Å². The van der Waals surface area contributed by atoms with Gasteiger partial charge in [-0.2, -0.15) is 10.1 Å². The third-order valence-corrected chi connectivity index (χ3v) is 4.13. The van der Waals surface area contributed by atoms with Crippen molar-refractivity contribution in [2.45, 2.75) is 6.61 Å². The molecule has 0 aliphatic heterocycles. The van der Waals surface area contributed by atoms with E-state index in [9.17, 15) is 0 Å². The van der Waals surface area contributed by atoms with E-state index in [4.69, 9.17) is 21.1 Å². The van der Waals surface area contributed by atoms with Gasteiger partial charge in [-0.1, -0.05) is 23.7 Å². The van der Waals surface area contributed by atoms with Crippen molar-refractivity contribution in [2.24, 2.45) is 4.99 Å². The van der Waals surface area contributed by atoms with Crippen LogP contribution < -0.4 is 9.47 Å². The maximum atomic E-state index is 5.90. The third-order valence-electron chi connectivity index (χ3n) is 3.29. The lowest BCUT2D eigenvalue weighted by atomic mass is 10.2. The first-order valence-corrected chi connectivity index (χ1v) is 8.47. The normalized spacial score (nSPS) is 11.0. The van der Waals surface area contributed by atoms with Gasteiger partial charge in [-0.05, 0) is 51.3 Å². The van der Waals surface area contributed by atoms with Crippen molar-refractivity contribution in [1.82, 2.24) is 15.2 Å². The lowest BCUT2D eigenvalue weighted by molar-refractivity contribution is 0.282. The van der Waals surface area contributed by atoms with Crippen LogP contribution >= 0.6 is 27.5 Å². The zero-order valence-corrected chi connectivity index (χ0v) is 15.6. The highest BCUT2D eigenvalue weighted by atomic mass is 79.9. The summed E-state index contributed by atoms with van der Waals surface area (Å²) in [6, 6.07) is 11.2. The fourth-order valence-corrected chi connectivity index (χ4v) is 2.79. The Morgan fingerprint density at radius 2 is 2.08 bits per heavy atom. The average Bonchev–Trinajstić information content (AvgIpc) is 3.13. The van der Waals surface area contributed by atoms with Crippen LogP contribution in [0.2, 0.25) is 5.02 Å². The molecule has 0 radical (unpaired) electrons. The molecule has 6 nitrogen and oxygen atoms in total. The van der Waals surface area contributed by atoms with Crippen LogP contribution in [0.4, 0.5) is 5.95 Å². The minimum absolute atomic E-state index is 0.400. The zero-order chi connectivity index (χ0) is 17.6. The second-order valence-electron chi connectivity index (χ2n) is 5.02. The van der Waals surface area contributed by atoms with E-state index in [1.54, 1.807) is 13.3 Å². The predicted octanol–water partition coefficient (Wildman–Crippen LogP) is 4.56. The monoisotopic (exact) mass is 420 g/mol. The minimum Gasteiger partial charge on any atom is -0.493 e. The second kappa shape index (κ2) is 8.13. The Kier molecular flexibility index (Phi) is 5.67. The van der Waals surface area contributed by atoms with E-state index in [0.717, 1.165) is 15.6 Å². The number of ether oxygens (including phenoxy) is 2. The molecule has 1 aromatic heterocycles. The molecule has 0 saturated carbocycles. The highest BCUT2D eigenvalue weighted by Gasteiger charge is 2.11. The fourth-order valence-electron chi connectivity index (χ4n) is 2.09. The molecule has 2 aromatic carbocycles. The van der Waals surface area contributed by atoms with Crippen LogP contribution in [0, 0.1) is 0 Å². The van der Waals surface area contributed by atoms with E-state index in [-0.39, 0.29) is 0 Å². The summed E-state index contributed by atoms with van der Waals surface area (Å²) in [6.45, 7) is 0.400. The SMILES string of the molecule is COc1cc(C=Nc2ncn[nH]2)cc(Br)c1OCc1ccc(Cl)cc1. The maximum absolute atomic E-state index is 5.90. The van der Waals surface area contributed by atoms with Crippen LogP contribution in [0.3, 0.4) is 0 Å². The first-order chi connectivity index (χ1) is 12.2.